The summed E-state index contributed by atoms with van der Waals surface area (Å²) >= 11 is 0. The molecule has 0 unspecified atom stereocenters. The summed E-state index contributed by atoms with van der Waals surface area (Å²) in [5, 5.41) is 8.75. The van der Waals surface area contributed by atoms with Crippen LogP contribution in [0.3, 0.4) is 0 Å². The molecule has 3 rings (SSSR count). The van der Waals surface area contributed by atoms with Gasteiger partial charge in [-0.15, -0.1) is 0 Å². The third-order valence-electron chi connectivity index (χ3n) is 4.56. The largest absolute Gasteiger partial charge is 0.340 e. The number of nitrogens with zero attached hydrogens (tertiary/aromatic N) is 5. The molecular formula is C14H21N5O3S. The van der Waals surface area contributed by atoms with E-state index in [2.05, 4.69) is 10.2 Å². The molecule has 2 aromatic rings. The third-order valence-corrected chi connectivity index (χ3v) is 6.31. The van der Waals surface area contributed by atoms with E-state index < -0.39 is 15.9 Å². The van der Waals surface area contributed by atoms with Gasteiger partial charge in [-0.05, 0) is 20.3 Å². The molecule has 23 heavy (non-hydrogen) atoms. The van der Waals surface area contributed by atoms with E-state index in [9.17, 15) is 13.2 Å². The molecule has 2 atom stereocenters. The molecule has 0 saturated carbocycles. The molecule has 1 aliphatic heterocycles. The van der Waals surface area contributed by atoms with Crippen molar-refractivity contribution in [1.29, 1.82) is 0 Å². The standard InChI is InChI=1S/C14H21N5O3S/c1-9-13-12(18(4)15-9)7-19(16-13)10(2)14(20)17(3)11-5-6-23(21,22)8-11/h7,10-11H,5-6,8H2,1-4H3/t10-,11-/m1/s1. The highest BCUT2D eigenvalue weighted by atomic mass is 32.2. The average molecular weight is 339 g/mol. The molecular weight excluding hydrogens is 318 g/mol. The number of hydrogen-bond acceptors (Lipinski definition) is 5. The first-order chi connectivity index (χ1) is 10.7. The number of carbonyl (C=O) groups is 1. The number of likely N-dealkylation sites (N-methyl/N-ethyl adjacent to an activating group) is 1. The molecule has 1 aliphatic rings. The van der Waals surface area contributed by atoms with Crippen LogP contribution < -0.4 is 0 Å². The Balaban J connectivity index is 1.82. The molecule has 0 bridgehead atoms. The maximum Gasteiger partial charge on any atom is 0.247 e. The summed E-state index contributed by atoms with van der Waals surface area (Å²) in [6.45, 7) is 3.65. The highest BCUT2D eigenvalue weighted by molar-refractivity contribution is 7.91. The number of aryl methyl sites for hydroxylation is 2. The van der Waals surface area contributed by atoms with Gasteiger partial charge in [0.15, 0.2) is 9.84 Å². The SMILES string of the molecule is Cc1nn(C)c2cn([C@H](C)C(=O)N(C)[C@@H]3CCS(=O)(=O)C3)nc12. The van der Waals surface area contributed by atoms with Crippen molar-refractivity contribution >= 4 is 26.8 Å². The Kier molecular flexibility index (Phi) is 3.70. The normalized spacial score (nSPS) is 21.7. The molecule has 3 heterocycles. The molecule has 2 aromatic heterocycles. The Morgan fingerprint density at radius 1 is 1.43 bits per heavy atom. The fraction of sp³-hybridized carbons (Fsp3) is 0.643. The van der Waals surface area contributed by atoms with Gasteiger partial charge in [-0.25, -0.2) is 8.42 Å². The predicted octanol–water partition coefficient (Wildman–Crippen LogP) is 0.285. The van der Waals surface area contributed by atoms with Gasteiger partial charge >= 0.3 is 0 Å². The lowest BCUT2D eigenvalue weighted by Crippen LogP contribution is -2.41. The van der Waals surface area contributed by atoms with Crippen molar-refractivity contribution in [3.8, 4) is 0 Å². The molecule has 0 spiro atoms. The second-order valence-corrected chi connectivity index (χ2v) is 8.46. The number of hydrogen-bond donors (Lipinski definition) is 0. The van der Waals surface area contributed by atoms with Crippen molar-refractivity contribution < 1.29 is 13.2 Å². The van der Waals surface area contributed by atoms with Gasteiger partial charge < -0.3 is 4.90 Å². The van der Waals surface area contributed by atoms with E-state index in [0.29, 0.717) is 6.42 Å². The fourth-order valence-electron chi connectivity index (χ4n) is 3.07. The minimum atomic E-state index is -3.02. The Bertz CT molecular complexity index is 832. The van der Waals surface area contributed by atoms with Crippen LogP contribution in [0.5, 0.6) is 0 Å². The number of carbonyl (C=O) groups excluding carboxylic acids is 1. The van der Waals surface area contributed by atoms with Crippen LogP contribution in [0.2, 0.25) is 0 Å². The van der Waals surface area contributed by atoms with Crippen LogP contribution in [-0.4, -0.2) is 63.4 Å². The van der Waals surface area contributed by atoms with Gasteiger partial charge in [0, 0.05) is 20.1 Å². The molecule has 1 amide bonds. The van der Waals surface area contributed by atoms with Gasteiger partial charge in [0.05, 0.1) is 23.4 Å². The minimum Gasteiger partial charge on any atom is -0.340 e. The van der Waals surface area contributed by atoms with Crippen molar-refractivity contribution in [2.45, 2.75) is 32.4 Å². The van der Waals surface area contributed by atoms with Crippen LogP contribution >= 0.6 is 0 Å². The summed E-state index contributed by atoms with van der Waals surface area (Å²) in [6.07, 6.45) is 2.30. The highest BCUT2D eigenvalue weighted by Gasteiger charge is 2.34. The summed E-state index contributed by atoms with van der Waals surface area (Å²) in [6, 6.07) is -0.738. The maximum atomic E-state index is 12.7. The lowest BCUT2D eigenvalue weighted by molar-refractivity contribution is -0.134. The predicted molar refractivity (Wildman–Crippen MR) is 85.8 cm³/mol. The zero-order valence-electron chi connectivity index (χ0n) is 13.7. The monoisotopic (exact) mass is 339 g/mol. The first-order valence-electron chi connectivity index (χ1n) is 7.55. The first kappa shape index (κ1) is 16.0. The smallest absolute Gasteiger partial charge is 0.247 e. The molecule has 8 nitrogen and oxygen atoms in total. The van der Waals surface area contributed by atoms with Crippen LogP contribution in [0.4, 0.5) is 0 Å². The molecule has 0 aromatic carbocycles. The Morgan fingerprint density at radius 3 is 2.70 bits per heavy atom. The van der Waals surface area contributed by atoms with Crippen LogP contribution in [0, 0.1) is 6.92 Å². The second-order valence-electron chi connectivity index (χ2n) is 6.23. The van der Waals surface area contributed by atoms with E-state index in [0.717, 1.165) is 16.7 Å². The van der Waals surface area contributed by atoms with Crippen molar-refractivity contribution in [2.24, 2.45) is 7.05 Å². The number of fused-ring (bicyclic) bond motifs is 1. The van der Waals surface area contributed by atoms with Crippen molar-refractivity contribution in [2.75, 3.05) is 18.6 Å². The lowest BCUT2D eigenvalue weighted by atomic mass is 10.2. The van der Waals surface area contributed by atoms with Gasteiger partial charge in [0.2, 0.25) is 5.91 Å². The molecule has 0 radical (unpaired) electrons. The maximum absolute atomic E-state index is 12.7. The number of aromatic nitrogens is 4. The van der Waals surface area contributed by atoms with Gasteiger partial charge in [-0.3, -0.25) is 14.2 Å². The first-order valence-corrected chi connectivity index (χ1v) is 9.37. The Morgan fingerprint density at radius 2 is 2.13 bits per heavy atom. The fourth-order valence-corrected chi connectivity index (χ4v) is 4.84. The molecule has 9 heteroatoms. The van der Waals surface area contributed by atoms with E-state index in [1.54, 1.807) is 34.4 Å². The number of sulfone groups is 1. The number of amides is 1. The summed E-state index contributed by atoms with van der Waals surface area (Å²) in [5.41, 5.74) is 2.46. The lowest BCUT2D eigenvalue weighted by Gasteiger charge is -2.26. The van der Waals surface area contributed by atoms with Crippen LogP contribution in [0.25, 0.3) is 11.0 Å². The second kappa shape index (κ2) is 5.33. The van der Waals surface area contributed by atoms with Crippen molar-refractivity contribution in [3.05, 3.63) is 11.9 Å². The van der Waals surface area contributed by atoms with Gasteiger partial charge in [0.25, 0.3) is 0 Å². The molecule has 0 N–H and O–H groups in total. The Hall–Kier alpha value is -1.90. The van der Waals surface area contributed by atoms with Crippen LogP contribution in [0.15, 0.2) is 6.20 Å². The summed E-state index contributed by atoms with van der Waals surface area (Å²) < 4.78 is 26.6. The summed E-state index contributed by atoms with van der Waals surface area (Å²) in [4.78, 5) is 14.2. The van der Waals surface area contributed by atoms with Crippen molar-refractivity contribution in [1.82, 2.24) is 24.5 Å². The van der Waals surface area contributed by atoms with E-state index in [1.165, 1.54) is 0 Å². The topological polar surface area (TPSA) is 90.1 Å². The molecule has 126 valence electrons. The van der Waals surface area contributed by atoms with Gasteiger partial charge in [0.1, 0.15) is 17.1 Å². The van der Waals surface area contributed by atoms with E-state index in [4.69, 9.17) is 0 Å². The molecule has 1 fully saturated rings. The van der Waals surface area contributed by atoms with E-state index in [1.807, 2.05) is 14.0 Å². The molecule has 1 saturated heterocycles. The summed E-state index contributed by atoms with van der Waals surface area (Å²) in [5.74, 6) is 0.0669. The Labute approximate surface area is 135 Å². The zero-order valence-corrected chi connectivity index (χ0v) is 14.5. The van der Waals surface area contributed by atoms with Crippen molar-refractivity contribution in [3.63, 3.8) is 0 Å². The minimum absolute atomic E-state index is 0.0477. The van der Waals surface area contributed by atoms with Gasteiger partial charge in [-0.1, -0.05) is 0 Å². The van der Waals surface area contributed by atoms with Crippen LogP contribution in [-0.2, 0) is 21.7 Å². The summed E-state index contributed by atoms with van der Waals surface area (Å²) in [7, 11) is 0.489. The van der Waals surface area contributed by atoms with E-state index in [-0.39, 0.29) is 23.5 Å². The third kappa shape index (κ3) is 2.73. The van der Waals surface area contributed by atoms with Gasteiger partial charge in [-0.2, -0.15) is 10.2 Å². The average Bonchev–Trinajstić information content (AvgIpc) is 3.14. The van der Waals surface area contributed by atoms with E-state index >= 15 is 0 Å². The van der Waals surface area contributed by atoms with Crippen LogP contribution in [0.1, 0.15) is 25.1 Å². The number of rotatable bonds is 3. The molecule has 0 aliphatic carbocycles. The quantitative estimate of drug-likeness (QED) is 0.801. The highest BCUT2D eigenvalue weighted by Crippen LogP contribution is 2.22. The zero-order chi connectivity index (χ0) is 16.9.